The van der Waals surface area contributed by atoms with Gasteiger partial charge < -0.3 is 14.1 Å². The molecule has 5 nitrogen and oxygen atoms in total. The van der Waals surface area contributed by atoms with Crippen molar-refractivity contribution >= 4 is 17.7 Å². The van der Waals surface area contributed by atoms with E-state index in [-0.39, 0.29) is 5.56 Å². The maximum atomic E-state index is 10.8. The Bertz CT molecular complexity index is 504. The molecule has 0 unspecified atom stereocenters. The summed E-state index contributed by atoms with van der Waals surface area (Å²) in [6, 6.07) is 1.46. The molecular weight excluding hydrogens is 228 g/mol. The van der Waals surface area contributed by atoms with Crippen molar-refractivity contribution in [2.45, 2.75) is 10.9 Å². The van der Waals surface area contributed by atoms with E-state index in [0.717, 1.165) is 5.16 Å². The van der Waals surface area contributed by atoms with E-state index in [1.54, 1.807) is 6.20 Å². The van der Waals surface area contributed by atoms with Crippen molar-refractivity contribution in [1.82, 2.24) is 9.55 Å². The molecule has 6 heteroatoms. The summed E-state index contributed by atoms with van der Waals surface area (Å²) in [5.74, 6) is -0.0517. The molecule has 0 aliphatic rings. The van der Waals surface area contributed by atoms with Gasteiger partial charge in [-0.1, -0.05) is 11.8 Å². The van der Waals surface area contributed by atoms with Crippen LogP contribution in [0.1, 0.15) is 16.1 Å². The van der Waals surface area contributed by atoms with Gasteiger partial charge in [0.05, 0.1) is 12.0 Å². The average Bonchev–Trinajstić information content (AvgIpc) is 2.83. The van der Waals surface area contributed by atoms with Crippen LogP contribution in [-0.4, -0.2) is 20.6 Å². The summed E-state index contributed by atoms with van der Waals surface area (Å²) >= 11 is 1.44. The molecule has 2 aromatic rings. The standard InChI is InChI=1S/C10H10N2O3S/c1-12-4-3-11-10(12)16-6-8-7(9(13)14)2-5-15-8/h2-5H,6H2,1H3,(H,13,14). The van der Waals surface area contributed by atoms with E-state index in [9.17, 15) is 4.79 Å². The van der Waals surface area contributed by atoms with Gasteiger partial charge in [0.2, 0.25) is 0 Å². The number of thioether (sulfide) groups is 1. The van der Waals surface area contributed by atoms with E-state index in [1.807, 2.05) is 17.8 Å². The first-order valence-corrected chi connectivity index (χ1v) is 5.57. The predicted octanol–water partition coefficient (Wildman–Crippen LogP) is 2.00. The molecule has 0 amide bonds. The summed E-state index contributed by atoms with van der Waals surface area (Å²) in [5, 5.41) is 9.70. The van der Waals surface area contributed by atoms with Crippen LogP contribution in [-0.2, 0) is 12.8 Å². The largest absolute Gasteiger partial charge is 0.478 e. The van der Waals surface area contributed by atoms with Gasteiger partial charge in [-0.25, -0.2) is 9.78 Å². The fourth-order valence-corrected chi connectivity index (χ4v) is 2.15. The van der Waals surface area contributed by atoms with Gasteiger partial charge in [0.1, 0.15) is 11.3 Å². The van der Waals surface area contributed by atoms with E-state index in [4.69, 9.17) is 9.52 Å². The summed E-state index contributed by atoms with van der Waals surface area (Å²) in [4.78, 5) is 14.9. The highest BCUT2D eigenvalue weighted by molar-refractivity contribution is 7.98. The summed E-state index contributed by atoms with van der Waals surface area (Å²) in [7, 11) is 1.88. The Labute approximate surface area is 96.1 Å². The van der Waals surface area contributed by atoms with Crippen LogP contribution in [0.4, 0.5) is 0 Å². The molecule has 0 radical (unpaired) electrons. The third kappa shape index (κ3) is 2.11. The second-order valence-electron chi connectivity index (χ2n) is 3.17. The van der Waals surface area contributed by atoms with Gasteiger partial charge in [-0.3, -0.25) is 0 Å². The molecule has 0 spiro atoms. The molecule has 0 atom stereocenters. The van der Waals surface area contributed by atoms with Crippen molar-refractivity contribution in [3.8, 4) is 0 Å². The van der Waals surface area contributed by atoms with Gasteiger partial charge in [0.25, 0.3) is 0 Å². The molecule has 0 aromatic carbocycles. The highest BCUT2D eigenvalue weighted by atomic mass is 32.2. The lowest BCUT2D eigenvalue weighted by molar-refractivity contribution is 0.0695. The zero-order chi connectivity index (χ0) is 11.5. The first kappa shape index (κ1) is 10.8. The topological polar surface area (TPSA) is 68.3 Å². The third-order valence-electron chi connectivity index (χ3n) is 2.09. The predicted molar refractivity (Wildman–Crippen MR) is 58.4 cm³/mol. The smallest absolute Gasteiger partial charge is 0.339 e. The number of carboxylic acids is 1. The molecule has 0 aliphatic carbocycles. The Morgan fingerprint density at radius 3 is 3.12 bits per heavy atom. The molecule has 16 heavy (non-hydrogen) atoms. The molecule has 2 rings (SSSR count). The van der Waals surface area contributed by atoms with Crippen LogP contribution >= 0.6 is 11.8 Å². The van der Waals surface area contributed by atoms with Crippen LogP contribution in [0.25, 0.3) is 0 Å². The number of rotatable bonds is 4. The molecule has 0 aliphatic heterocycles. The fraction of sp³-hybridized carbons (Fsp3) is 0.200. The number of imidazole rings is 1. The normalized spacial score (nSPS) is 10.6. The zero-order valence-corrected chi connectivity index (χ0v) is 9.40. The van der Waals surface area contributed by atoms with Gasteiger partial charge in [-0.15, -0.1) is 0 Å². The van der Waals surface area contributed by atoms with Crippen LogP contribution < -0.4 is 0 Å². The first-order valence-electron chi connectivity index (χ1n) is 4.58. The Morgan fingerprint density at radius 2 is 2.50 bits per heavy atom. The van der Waals surface area contributed by atoms with E-state index in [1.165, 1.54) is 24.1 Å². The first-order chi connectivity index (χ1) is 7.68. The van der Waals surface area contributed by atoms with Crippen LogP contribution in [0, 0.1) is 0 Å². The van der Waals surface area contributed by atoms with Crippen LogP contribution in [0.15, 0.2) is 34.3 Å². The summed E-state index contributed by atoms with van der Waals surface area (Å²) in [6.45, 7) is 0. The summed E-state index contributed by atoms with van der Waals surface area (Å²) in [6.07, 6.45) is 4.92. The van der Waals surface area contributed by atoms with Gasteiger partial charge in [0.15, 0.2) is 5.16 Å². The Kier molecular flexibility index (Phi) is 3.00. The van der Waals surface area contributed by atoms with Crippen LogP contribution in [0.2, 0.25) is 0 Å². The Hall–Kier alpha value is -1.69. The van der Waals surface area contributed by atoms with E-state index in [2.05, 4.69) is 4.98 Å². The van der Waals surface area contributed by atoms with Gasteiger partial charge in [-0.05, 0) is 6.07 Å². The summed E-state index contributed by atoms with van der Waals surface area (Å²) < 4.78 is 6.99. The molecule has 1 N–H and O–H groups in total. The minimum Gasteiger partial charge on any atom is -0.478 e. The highest BCUT2D eigenvalue weighted by Gasteiger charge is 2.14. The lowest BCUT2D eigenvalue weighted by atomic mass is 10.3. The minimum atomic E-state index is -0.968. The van der Waals surface area contributed by atoms with Crippen molar-refractivity contribution in [3.63, 3.8) is 0 Å². The number of aromatic nitrogens is 2. The number of hydrogen-bond acceptors (Lipinski definition) is 4. The maximum absolute atomic E-state index is 10.8. The lowest BCUT2D eigenvalue weighted by Gasteiger charge is -2.00. The monoisotopic (exact) mass is 238 g/mol. The van der Waals surface area contributed by atoms with Gasteiger partial charge >= 0.3 is 5.97 Å². The SMILES string of the molecule is Cn1ccnc1SCc1occc1C(=O)O. The van der Waals surface area contributed by atoms with Crippen molar-refractivity contribution in [3.05, 3.63) is 36.0 Å². The number of aromatic carboxylic acids is 1. The van der Waals surface area contributed by atoms with Crippen molar-refractivity contribution in [2.24, 2.45) is 7.05 Å². The number of furan rings is 1. The number of carbonyl (C=O) groups is 1. The van der Waals surface area contributed by atoms with Crippen molar-refractivity contribution in [2.75, 3.05) is 0 Å². The minimum absolute atomic E-state index is 0.210. The molecule has 2 aromatic heterocycles. The second-order valence-corrected chi connectivity index (χ2v) is 4.11. The molecular formula is C10H10N2O3S. The fourth-order valence-electron chi connectivity index (χ4n) is 1.26. The van der Waals surface area contributed by atoms with Crippen molar-refractivity contribution < 1.29 is 14.3 Å². The highest BCUT2D eigenvalue weighted by Crippen LogP contribution is 2.23. The molecule has 0 bridgehead atoms. The van der Waals surface area contributed by atoms with E-state index >= 15 is 0 Å². The zero-order valence-electron chi connectivity index (χ0n) is 8.58. The Balaban J connectivity index is 2.08. The van der Waals surface area contributed by atoms with Crippen LogP contribution in [0.3, 0.4) is 0 Å². The average molecular weight is 238 g/mol. The maximum Gasteiger partial charge on any atom is 0.339 e. The Morgan fingerprint density at radius 1 is 1.69 bits per heavy atom. The molecule has 0 saturated heterocycles. The third-order valence-corrected chi connectivity index (χ3v) is 3.14. The summed E-state index contributed by atoms with van der Waals surface area (Å²) in [5.41, 5.74) is 0.210. The quantitative estimate of drug-likeness (QED) is 0.825. The lowest BCUT2D eigenvalue weighted by Crippen LogP contribution is -1.98. The van der Waals surface area contributed by atoms with Crippen molar-refractivity contribution in [1.29, 1.82) is 0 Å². The van der Waals surface area contributed by atoms with Crippen LogP contribution in [0.5, 0.6) is 0 Å². The van der Waals surface area contributed by atoms with Gasteiger partial charge in [0, 0.05) is 19.4 Å². The number of nitrogens with zero attached hydrogens (tertiary/aromatic N) is 2. The molecule has 0 saturated carbocycles. The molecule has 84 valence electrons. The second kappa shape index (κ2) is 4.44. The van der Waals surface area contributed by atoms with E-state index in [0.29, 0.717) is 11.5 Å². The molecule has 2 heterocycles. The number of hydrogen-bond donors (Lipinski definition) is 1. The number of aryl methyl sites for hydroxylation is 1. The molecule has 0 fully saturated rings. The van der Waals surface area contributed by atoms with E-state index < -0.39 is 5.97 Å². The van der Waals surface area contributed by atoms with Gasteiger partial charge in [-0.2, -0.15) is 0 Å². The number of carboxylic acid groups (broad SMARTS) is 1.